The Morgan fingerprint density at radius 1 is 1.25 bits per heavy atom. The Kier molecular flexibility index (Phi) is 5.03. The van der Waals surface area contributed by atoms with Gasteiger partial charge in [0.15, 0.2) is 0 Å². The SMILES string of the molecule is CCOP(=O)(CC1(O)CCCc2ccccc21)OCC. The standard InChI is InChI=1S/C15H23O4P/c1-3-18-20(17,19-4-2)12-15(16)11-7-9-13-8-5-6-10-14(13)15/h5-6,8,10,16H,3-4,7,9,11-12H2,1-2H3. The molecule has 0 saturated carbocycles. The zero-order valence-electron chi connectivity index (χ0n) is 12.2. The molecule has 0 spiro atoms. The second-order valence-corrected chi connectivity index (χ2v) is 7.20. The van der Waals surface area contributed by atoms with Gasteiger partial charge in [-0.2, -0.15) is 0 Å². The van der Waals surface area contributed by atoms with Crippen LogP contribution in [-0.4, -0.2) is 24.5 Å². The van der Waals surface area contributed by atoms with Crippen molar-refractivity contribution in [3.8, 4) is 0 Å². The summed E-state index contributed by atoms with van der Waals surface area (Å²) in [6.45, 7) is 4.19. The number of benzene rings is 1. The van der Waals surface area contributed by atoms with E-state index in [2.05, 4.69) is 0 Å². The molecule has 112 valence electrons. The molecular weight excluding hydrogens is 275 g/mol. The van der Waals surface area contributed by atoms with E-state index in [-0.39, 0.29) is 6.16 Å². The normalized spacial score (nSPS) is 22.6. The van der Waals surface area contributed by atoms with Crippen molar-refractivity contribution >= 4 is 7.60 Å². The Labute approximate surface area is 120 Å². The first-order valence-corrected chi connectivity index (χ1v) is 8.95. The zero-order chi connectivity index (χ0) is 14.6. The minimum absolute atomic E-state index is 0.0265. The average Bonchev–Trinajstić information content (AvgIpc) is 2.39. The highest BCUT2D eigenvalue weighted by Crippen LogP contribution is 2.54. The fourth-order valence-electron chi connectivity index (χ4n) is 2.90. The van der Waals surface area contributed by atoms with E-state index >= 15 is 0 Å². The van der Waals surface area contributed by atoms with E-state index in [1.165, 1.54) is 0 Å². The van der Waals surface area contributed by atoms with Gasteiger partial charge in [-0.25, -0.2) is 0 Å². The molecule has 0 amide bonds. The van der Waals surface area contributed by atoms with E-state index in [4.69, 9.17) is 9.05 Å². The van der Waals surface area contributed by atoms with Gasteiger partial charge >= 0.3 is 7.60 Å². The molecule has 1 aliphatic carbocycles. The van der Waals surface area contributed by atoms with Crippen LogP contribution in [0.25, 0.3) is 0 Å². The Bertz CT molecular complexity index is 492. The summed E-state index contributed by atoms with van der Waals surface area (Å²) in [5.74, 6) is 0. The van der Waals surface area contributed by atoms with Crippen LogP contribution in [0.5, 0.6) is 0 Å². The molecule has 4 nitrogen and oxygen atoms in total. The highest BCUT2D eigenvalue weighted by molar-refractivity contribution is 7.53. The maximum atomic E-state index is 12.7. The molecule has 1 N–H and O–H groups in total. The molecule has 0 aliphatic heterocycles. The number of rotatable bonds is 6. The summed E-state index contributed by atoms with van der Waals surface area (Å²) in [7, 11) is -3.26. The third kappa shape index (κ3) is 3.32. The quantitative estimate of drug-likeness (QED) is 0.817. The molecule has 20 heavy (non-hydrogen) atoms. The summed E-state index contributed by atoms with van der Waals surface area (Å²) in [5, 5.41) is 11.0. The molecule has 1 unspecified atom stereocenters. The summed E-state index contributed by atoms with van der Waals surface area (Å²) >= 11 is 0. The maximum absolute atomic E-state index is 12.7. The highest BCUT2D eigenvalue weighted by Gasteiger charge is 2.42. The van der Waals surface area contributed by atoms with E-state index in [9.17, 15) is 9.67 Å². The fraction of sp³-hybridized carbons (Fsp3) is 0.600. The molecule has 0 saturated heterocycles. The highest BCUT2D eigenvalue weighted by atomic mass is 31.2. The van der Waals surface area contributed by atoms with Crippen molar-refractivity contribution in [3.05, 3.63) is 35.4 Å². The topological polar surface area (TPSA) is 55.8 Å². The van der Waals surface area contributed by atoms with Crippen LogP contribution < -0.4 is 0 Å². The smallest absolute Gasteiger partial charge is 0.333 e. The maximum Gasteiger partial charge on any atom is 0.333 e. The third-order valence-corrected chi connectivity index (χ3v) is 5.88. The Hall–Kier alpha value is -0.670. The summed E-state index contributed by atoms with van der Waals surface area (Å²) in [4.78, 5) is 0. The Balaban J connectivity index is 2.30. The van der Waals surface area contributed by atoms with Crippen LogP contribution in [0.15, 0.2) is 24.3 Å². The van der Waals surface area contributed by atoms with Gasteiger partial charge in [0.25, 0.3) is 0 Å². The van der Waals surface area contributed by atoms with Crippen molar-refractivity contribution in [3.63, 3.8) is 0 Å². The van der Waals surface area contributed by atoms with Crippen molar-refractivity contribution in [2.45, 2.75) is 38.7 Å². The molecule has 1 aromatic carbocycles. The lowest BCUT2D eigenvalue weighted by Gasteiger charge is -2.36. The molecule has 2 rings (SSSR count). The monoisotopic (exact) mass is 298 g/mol. The molecule has 0 fully saturated rings. The van der Waals surface area contributed by atoms with Gasteiger partial charge in [0, 0.05) is 0 Å². The van der Waals surface area contributed by atoms with Crippen LogP contribution in [-0.2, 0) is 25.6 Å². The van der Waals surface area contributed by atoms with Crippen molar-refractivity contribution in [1.29, 1.82) is 0 Å². The lowest BCUT2D eigenvalue weighted by atomic mass is 9.80. The second kappa shape index (κ2) is 6.40. The van der Waals surface area contributed by atoms with Crippen LogP contribution in [0, 0.1) is 0 Å². The molecule has 0 heterocycles. The molecule has 0 radical (unpaired) electrons. The van der Waals surface area contributed by atoms with Gasteiger partial charge in [-0.3, -0.25) is 4.57 Å². The zero-order valence-corrected chi connectivity index (χ0v) is 13.1. The van der Waals surface area contributed by atoms with Crippen molar-refractivity contribution < 1.29 is 18.7 Å². The summed E-state index contributed by atoms with van der Waals surface area (Å²) in [6.07, 6.45) is 2.45. The first-order chi connectivity index (χ1) is 9.53. The van der Waals surface area contributed by atoms with Crippen LogP contribution in [0.4, 0.5) is 0 Å². The van der Waals surface area contributed by atoms with Crippen LogP contribution >= 0.6 is 7.60 Å². The fourth-order valence-corrected chi connectivity index (χ4v) is 4.92. The number of hydrogen-bond donors (Lipinski definition) is 1. The van der Waals surface area contributed by atoms with Crippen molar-refractivity contribution in [1.82, 2.24) is 0 Å². The molecule has 1 aromatic rings. The lowest BCUT2D eigenvalue weighted by Crippen LogP contribution is -2.35. The molecule has 0 aromatic heterocycles. The minimum atomic E-state index is -3.26. The van der Waals surface area contributed by atoms with Crippen LogP contribution in [0.1, 0.15) is 37.8 Å². The van der Waals surface area contributed by atoms with E-state index in [1.807, 2.05) is 24.3 Å². The number of fused-ring (bicyclic) bond motifs is 1. The summed E-state index contributed by atoms with van der Waals surface area (Å²) in [5.41, 5.74) is 0.876. The largest absolute Gasteiger partial charge is 0.384 e. The number of aryl methyl sites for hydroxylation is 1. The predicted molar refractivity (Wildman–Crippen MR) is 79.0 cm³/mol. The molecule has 0 bridgehead atoms. The van der Waals surface area contributed by atoms with E-state index in [1.54, 1.807) is 13.8 Å². The lowest BCUT2D eigenvalue weighted by molar-refractivity contribution is 0.0341. The van der Waals surface area contributed by atoms with Crippen LogP contribution in [0.3, 0.4) is 0 Å². The van der Waals surface area contributed by atoms with Gasteiger partial charge in [0.1, 0.15) is 5.60 Å². The van der Waals surface area contributed by atoms with Gasteiger partial charge in [0.05, 0.1) is 19.4 Å². The number of aliphatic hydroxyl groups is 1. The predicted octanol–water partition coefficient (Wildman–Crippen LogP) is 3.48. The molecule has 1 aliphatic rings. The summed E-state index contributed by atoms with van der Waals surface area (Å²) < 4.78 is 23.3. The van der Waals surface area contributed by atoms with Gasteiger partial charge in [0.2, 0.25) is 0 Å². The van der Waals surface area contributed by atoms with Gasteiger partial charge in [-0.05, 0) is 44.2 Å². The molecular formula is C15H23O4P. The first kappa shape index (κ1) is 15.7. The van der Waals surface area contributed by atoms with Crippen molar-refractivity contribution in [2.24, 2.45) is 0 Å². The van der Waals surface area contributed by atoms with E-state index < -0.39 is 13.2 Å². The Morgan fingerprint density at radius 2 is 1.90 bits per heavy atom. The first-order valence-electron chi connectivity index (χ1n) is 7.22. The van der Waals surface area contributed by atoms with E-state index in [0.717, 1.165) is 24.0 Å². The number of hydrogen-bond acceptors (Lipinski definition) is 4. The van der Waals surface area contributed by atoms with Gasteiger partial charge < -0.3 is 14.2 Å². The summed E-state index contributed by atoms with van der Waals surface area (Å²) in [6, 6.07) is 7.80. The van der Waals surface area contributed by atoms with Gasteiger partial charge in [-0.1, -0.05) is 24.3 Å². The molecule has 1 atom stereocenters. The van der Waals surface area contributed by atoms with Crippen molar-refractivity contribution in [2.75, 3.05) is 19.4 Å². The van der Waals surface area contributed by atoms with Crippen LogP contribution in [0.2, 0.25) is 0 Å². The Morgan fingerprint density at radius 3 is 2.55 bits per heavy atom. The second-order valence-electron chi connectivity index (χ2n) is 5.15. The minimum Gasteiger partial charge on any atom is -0.384 e. The molecule has 5 heteroatoms. The average molecular weight is 298 g/mol. The van der Waals surface area contributed by atoms with Gasteiger partial charge in [-0.15, -0.1) is 0 Å². The van der Waals surface area contributed by atoms with E-state index in [0.29, 0.717) is 19.6 Å². The third-order valence-electron chi connectivity index (χ3n) is 3.66.